The maximum atomic E-state index is 4.64. The smallest absolute Gasteiger partial charge is 0.128 e. The average molecular weight is 190 g/mol. The Balaban J connectivity index is 2.38. The summed E-state index contributed by atoms with van der Waals surface area (Å²) in [6, 6.07) is 0. The van der Waals surface area contributed by atoms with E-state index in [9.17, 15) is 0 Å². The lowest BCUT2D eigenvalue weighted by Crippen LogP contribution is -2.04. The summed E-state index contributed by atoms with van der Waals surface area (Å²) in [6.45, 7) is 6.54. The molecular formula is C12H18N2. The molecule has 0 bridgehead atoms. The van der Waals surface area contributed by atoms with Crippen molar-refractivity contribution in [3.8, 4) is 0 Å². The SMILES string of the molecule is CCc1ncc(C2CC2)c(C(C)C)n1. The lowest BCUT2D eigenvalue weighted by Gasteiger charge is -2.11. The monoisotopic (exact) mass is 190 g/mol. The van der Waals surface area contributed by atoms with E-state index < -0.39 is 0 Å². The summed E-state index contributed by atoms with van der Waals surface area (Å²) >= 11 is 0. The van der Waals surface area contributed by atoms with Crippen molar-refractivity contribution >= 4 is 0 Å². The Morgan fingerprint density at radius 2 is 2.14 bits per heavy atom. The Labute approximate surface area is 85.8 Å². The van der Waals surface area contributed by atoms with Gasteiger partial charge in [-0.1, -0.05) is 20.8 Å². The van der Waals surface area contributed by atoms with E-state index in [4.69, 9.17) is 0 Å². The van der Waals surface area contributed by atoms with Gasteiger partial charge in [0, 0.05) is 12.6 Å². The molecule has 0 spiro atoms. The zero-order valence-electron chi connectivity index (χ0n) is 9.25. The Morgan fingerprint density at radius 1 is 1.43 bits per heavy atom. The van der Waals surface area contributed by atoms with Crippen molar-refractivity contribution in [3.63, 3.8) is 0 Å². The first-order valence-corrected chi connectivity index (χ1v) is 5.58. The van der Waals surface area contributed by atoms with Crippen LogP contribution < -0.4 is 0 Å². The number of aromatic nitrogens is 2. The quantitative estimate of drug-likeness (QED) is 0.732. The van der Waals surface area contributed by atoms with Gasteiger partial charge < -0.3 is 0 Å². The normalized spacial score (nSPS) is 16.3. The van der Waals surface area contributed by atoms with Crippen molar-refractivity contribution in [2.45, 2.75) is 51.9 Å². The summed E-state index contributed by atoms with van der Waals surface area (Å²) in [5.74, 6) is 2.27. The van der Waals surface area contributed by atoms with Crippen molar-refractivity contribution in [1.82, 2.24) is 9.97 Å². The van der Waals surface area contributed by atoms with Gasteiger partial charge in [0.15, 0.2) is 0 Å². The van der Waals surface area contributed by atoms with E-state index in [0.29, 0.717) is 5.92 Å². The van der Waals surface area contributed by atoms with Gasteiger partial charge in [0.05, 0.1) is 5.69 Å². The number of hydrogen-bond donors (Lipinski definition) is 0. The van der Waals surface area contributed by atoms with Crippen LogP contribution in [0, 0.1) is 0 Å². The van der Waals surface area contributed by atoms with Gasteiger partial charge in [-0.3, -0.25) is 0 Å². The van der Waals surface area contributed by atoms with Crippen molar-refractivity contribution < 1.29 is 0 Å². The van der Waals surface area contributed by atoms with Crippen LogP contribution in [0.3, 0.4) is 0 Å². The lowest BCUT2D eigenvalue weighted by molar-refractivity contribution is 0.760. The summed E-state index contributed by atoms with van der Waals surface area (Å²) in [4.78, 5) is 9.03. The molecule has 2 rings (SSSR count). The van der Waals surface area contributed by atoms with Gasteiger partial charge in [-0.25, -0.2) is 9.97 Å². The highest BCUT2D eigenvalue weighted by Crippen LogP contribution is 2.42. The van der Waals surface area contributed by atoms with E-state index in [2.05, 4.69) is 36.9 Å². The second kappa shape index (κ2) is 3.68. The van der Waals surface area contributed by atoms with Gasteiger partial charge in [0.25, 0.3) is 0 Å². The molecule has 0 atom stereocenters. The molecule has 0 unspecified atom stereocenters. The Bertz CT molecular complexity index is 327. The van der Waals surface area contributed by atoms with Crippen LogP contribution in [-0.2, 0) is 6.42 Å². The second-order valence-corrected chi connectivity index (χ2v) is 4.41. The fraction of sp³-hybridized carbons (Fsp3) is 0.667. The maximum Gasteiger partial charge on any atom is 0.128 e. The number of nitrogens with zero attached hydrogens (tertiary/aromatic N) is 2. The van der Waals surface area contributed by atoms with Crippen LogP contribution >= 0.6 is 0 Å². The molecule has 0 saturated heterocycles. The zero-order chi connectivity index (χ0) is 10.1. The third kappa shape index (κ3) is 1.79. The van der Waals surface area contributed by atoms with Crippen LogP contribution in [0.1, 0.15) is 62.5 Å². The first-order chi connectivity index (χ1) is 6.72. The molecule has 1 aliphatic carbocycles. The standard InChI is InChI=1S/C12H18N2/c1-4-11-13-7-10(9-5-6-9)12(14-11)8(2)3/h7-9H,4-6H2,1-3H3. The van der Waals surface area contributed by atoms with Crippen molar-refractivity contribution in [2.24, 2.45) is 0 Å². The van der Waals surface area contributed by atoms with Crippen LogP contribution in [0.2, 0.25) is 0 Å². The van der Waals surface area contributed by atoms with Crippen LogP contribution in [0.25, 0.3) is 0 Å². The fourth-order valence-corrected chi connectivity index (χ4v) is 1.78. The van der Waals surface area contributed by atoms with Crippen LogP contribution in [0.5, 0.6) is 0 Å². The van der Waals surface area contributed by atoms with E-state index in [1.807, 2.05) is 0 Å². The van der Waals surface area contributed by atoms with Crippen LogP contribution in [0.4, 0.5) is 0 Å². The molecule has 2 heteroatoms. The maximum absolute atomic E-state index is 4.64. The molecule has 0 aromatic carbocycles. The Kier molecular flexibility index (Phi) is 2.53. The predicted octanol–water partition coefficient (Wildman–Crippen LogP) is 3.04. The molecule has 0 aliphatic heterocycles. The van der Waals surface area contributed by atoms with Crippen LogP contribution in [-0.4, -0.2) is 9.97 Å². The van der Waals surface area contributed by atoms with E-state index in [1.54, 1.807) is 0 Å². The third-order valence-corrected chi connectivity index (χ3v) is 2.78. The molecule has 0 N–H and O–H groups in total. The summed E-state index contributed by atoms with van der Waals surface area (Å²) in [6.07, 6.45) is 5.65. The van der Waals surface area contributed by atoms with E-state index >= 15 is 0 Å². The van der Waals surface area contributed by atoms with Crippen molar-refractivity contribution in [1.29, 1.82) is 0 Å². The molecule has 14 heavy (non-hydrogen) atoms. The number of rotatable bonds is 3. The minimum atomic E-state index is 0.527. The van der Waals surface area contributed by atoms with E-state index in [0.717, 1.165) is 18.2 Å². The topological polar surface area (TPSA) is 25.8 Å². The molecule has 1 aliphatic rings. The largest absolute Gasteiger partial charge is 0.241 e. The molecule has 1 heterocycles. The Morgan fingerprint density at radius 3 is 2.64 bits per heavy atom. The van der Waals surface area contributed by atoms with Gasteiger partial charge in [0.2, 0.25) is 0 Å². The zero-order valence-corrected chi connectivity index (χ0v) is 9.25. The minimum absolute atomic E-state index is 0.527. The molecule has 1 saturated carbocycles. The predicted molar refractivity (Wildman–Crippen MR) is 57.5 cm³/mol. The molecule has 76 valence electrons. The van der Waals surface area contributed by atoms with Crippen molar-refractivity contribution in [3.05, 3.63) is 23.3 Å². The summed E-state index contributed by atoms with van der Waals surface area (Å²) in [7, 11) is 0. The average Bonchev–Trinajstić information content (AvgIpc) is 3.00. The van der Waals surface area contributed by atoms with Crippen molar-refractivity contribution in [2.75, 3.05) is 0 Å². The first-order valence-electron chi connectivity index (χ1n) is 5.58. The molecular weight excluding hydrogens is 172 g/mol. The first kappa shape index (κ1) is 9.63. The van der Waals surface area contributed by atoms with E-state index in [1.165, 1.54) is 24.1 Å². The second-order valence-electron chi connectivity index (χ2n) is 4.41. The molecule has 0 amide bonds. The number of aryl methyl sites for hydroxylation is 1. The van der Waals surface area contributed by atoms with Gasteiger partial charge >= 0.3 is 0 Å². The molecule has 1 aromatic heterocycles. The fourth-order valence-electron chi connectivity index (χ4n) is 1.78. The Hall–Kier alpha value is -0.920. The highest BCUT2D eigenvalue weighted by Gasteiger charge is 2.27. The lowest BCUT2D eigenvalue weighted by atomic mass is 10.0. The highest BCUT2D eigenvalue weighted by molar-refractivity contribution is 5.28. The minimum Gasteiger partial charge on any atom is -0.241 e. The van der Waals surface area contributed by atoms with Gasteiger partial charge in [-0.05, 0) is 30.2 Å². The third-order valence-electron chi connectivity index (χ3n) is 2.78. The molecule has 1 fully saturated rings. The summed E-state index contributed by atoms with van der Waals surface area (Å²) in [5, 5.41) is 0. The summed E-state index contributed by atoms with van der Waals surface area (Å²) < 4.78 is 0. The number of hydrogen-bond acceptors (Lipinski definition) is 2. The van der Waals surface area contributed by atoms with Gasteiger partial charge in [-0.15, -0.1) is 0 Å². The van der Waals surface area contributed by atoms with Gasteiger partial charge in [0.1, 0.15) is 5.82 Å². The molecule has 2 nitrogen and oxygen atoms in total. The highest BCUT2D eigenvalue weighted by atomic mass is 14.9. The van der Waals surface area contributed by atoms with Gasteiger partial charge in [-0.2, -0.15) is 0 Å². The molecule has 1 aromatic rings. The van der Waals surface area contributed by atoms with Crippen LogP contribution in [0.15, 0.2) is 6.20 Å². The van der Waals surface area contributed by atoms with E-state index in [-0.39, 0.29) is 0 Å². The molecule has 0 radical (unpaired) electrons. The summed E-state index contributed by atoms with van der Waals surface area (Å²) in [5.41, 5.74) is 2.68.